The van der Waals surface area contributed by atoms with E-state index in [9.17, 15) is 4.79 Å². The second-order valence-electron chi connectivity index (χ2n) is 2.32. The maximum atomic E-state index is 11.4. The molecule has 0 spiro atoms. The molecule has 0 radical (unpaired) electrons. The zero-order valence-corrected chi connectivity index (χ0v) is 6.19. The normalized spacial score (nSPS) is 10.8. The molecule has 0 aromatic carbocycles. The van der Waals surface area contributed by atoms with E-state index in [4.69, 9.17) is 5.73 Å². The number of aromatic nitrogens is 4. The fourth-order valence-electron chi connectivity index (χ4n) is 0.975. The van der Waals surface area contributed by atoms with Crippen LogP contribution in [0.2, 0.25) is 0 Å². The molecule has 12 heavy (non-hydrogen) atoms. The minimum absolute atomic E-state index is 0.188. The zero-order valence-electron chi connectivity index (χ0n) is 6.19. The summed E-state index contributed by atoms with van der Waals surface area (Å²) >= 11 is 0. The molecular weight excluding hydrogens is 158 g/mol. The zero-order chi connectivity index (χ0) is 8.55. The van der Waals surface area contributed by atoms with Crippen molar-refractivity contribution < 1.29 is 0 Å². The van der Waals surface area contributed by atoms with Crippen molar-refractivity contribution in [1.82, 2.24) is 19.6 Å². The average Bonchev–Trinajstić information content (AvgIpc) is 2.53. The van der Waals surface area contributed by atoms with Crippen molar-refractivity contribution in [3.05, 3.63) is 28.4 Å². The summed E-state index contributed by atoms with van der Waals surface area (Å²) in [6, 6.07) is 0. The summed E-state index contributed by atoms with van der Waals surface area (Å²) < 4.78 is 1.25. The number of nitrogens with two attached hydrogens (primary N) is 1. The van der Waals surface area contributed by atoms with Crippen LogP contribution in [0.3, 0.4) is 0 Å². The second kappa shape index (κ2) is 2.42. The van der Waals surface area contributed by atoms with Crippen LogP contribution in [-0.4, -0.2) is 19.6 Å². The second-order valence-corrected chi connectivity index (χ2v) is 2.32. The molecule has 0 amide bonds. The first-order chi connectivity index (χ1) is 5.83. The van der Waals surface area contributed by atoms with Crippen LogP contribution >= 0.6 is 0 Å². The molecule has 0 unspecified atom stereocenters. The van der Waals surface area contributed by atoms with E-state index in [0.717, 1.165) is 0 Å². The molecule has 0 aliphatic carbocycles. The van der Waals surface area contributed by atoms with Crippen LogP contribution in [0.15, 0.2) is 17.3 Å². The lowest BCUT2D eigenvalue weighted by molar-refractivity contribution is 0.859. The number of hydrogen-bond acceptors (Lipinski definition) is 4. The highest BCUT2D eigenvalue weighted by Crippen LogP contribution is 1.90. The standard InChI is InChI=1S/C6H7N5O/c7-1-4-2-8-6-9-3-10-11(6)5(4)12/h2-3H,1,7H2,(H,8,9,10). The smallest absolute Gasteiger partial charge is 0.278 e. The monoisotopic (exact) mass is 165 g/mol. The van der Waals surface area contributed by atoms with Crippen LogP contribution in [0.1, 0.15) is 5.56 Å². The first kappa shape index (κ1) is 6.99. The van der Waals surface area contributed by atoms with Gasteiger partial charge in [0.2, 0.25) is 0 Å². The van der Waals surface area contributed by atoms with E-state index in [0.29, 0.717) is 11.3 Å². The molecule has 62 valence electrons. The lowest BCUT2D eigenvalue weighted by atomic mass is 10.3. The highest BCUT2D eigenvalue weighted by atomic mass is 16.1. The maximum absolute atomic E-state index is 11.4. The molecule has 0 atom stereocenters. The van der Waals surface area contributed by atoms with Crippen molar-refractivity contribution in [3.63, 3.8) is 0 Å². The predicted molar refractivity (Wildman–Crippen MR) is 41.5 cm³/mol. The van der Waals surface area contributed by atoms with Crippen molar-refractivity contribution in [3.8, 4) is 0 Å². The van der Waals surface area contributed by atoms with Crippen LogP contribution in [0.25, 0.3) is 5.78 Å². The summed E-state index contributed by atoms with van der Waals surface area (Å²) in [7, 11) is 0. The largest absolute Gasteiger partial charge is 0.326 e. The van der Waals surface area contributed by atoms with Crippen molar-refractivity contribution >= 4 is 5.78 Å². The molecule has 0 aliphatic heterocycles. The fraction of sp³-hybridized carbons (Fsp3) is 0.167. The highest BCUT2D eigenvalue weighted by molar-refractivity contribution is 5.25. The lowest BCUT2D eigenvalue weighted by Gasteiger charge is -1.94. The van der Waals surface area contributed by atoms with Crippen LogP contribution in [0, 0.1) is 0 Å². The van der Waals surface area contributed by atoms with Crippen LogP contribution in [-0.2, 0) is 6.54 Å². The number of rotatable bonds is 1. The molecule has 0 saturated heterocycles. The van der Waals surface area contributed by atoms with Crippen LogP contribution in [0.5, 0.6) is 0 Å². The molecule has 3 N–H and O–H groups in total. The third-order valence-electron chi connectivity index (χ3n) is 1.60. The van der Waals surface area contributed by atoms with Gasteiger partial charge in [0, 0.05) is 12.7 Å². The Balaban J connectivity index is 2.88. The van der Waals surface area contributed by atoms with Gasteiger partial charge in [-0.2, -0.15) is 4.52 Å². The summed E-state index contributed by atoms with van der Waals surface area (Å²) in [6.07, 6.45) is 2.85. The van der Waals surface area contributed by atoms with Crippen molar-refractivity contribution in [2.24, 2.45) is 5.73 Å². The van der Waals surface area contributed by atoms with Crippen LogP contribution < -0.4 is 11.3 Å². The van der Waals surface area contributed by atoms with Gasteiger partial charge in [0.25, 0.3) is 11.3 Å². The Hall–Kier alpha value is -1.69. The van der Waals surface area contributed by atoms with Gasteiger partial charge in [-0.15, -0.1) is 0 Å². The third-order valence-corrected chi connectivity index (χ3v) is 1.60. The fourth-order valence-corrected chi connectivity index (χ4v) is 0.975. The SMILES string of the molecule is NCc1cnc2nc[nH]n2c1=O. The minimum atomic E-state index is -0.194. The molecule has 0 saturated carbocycles. The Morgan fingerprint density at radius 1 is 1.58 bits per heavy atom. The quantitative estimate of drug-likeness (QED) is 0.560. The average molecular weight is 165 g/mol. The predicted octanol–water partition coefficient (Wildman–Crippen LogP) is -1.12. The number of H-pyrrole nitrogens is 1. The molecule has 2 aromatic heterocycles. The number of aromatic amines is 1. The highest BCUT2D eigenvalue weighted by Gasteiger charge is 2.03. The number of hydrogen-bond donors (Lipinski definition) is 2. The molecule has 2 aromatic rings. The molecule has 6 heteroatoms. The third kappa shape index (κ3) is 0.817. The van der Waals surface area contributed by atoms with Gasteiger partial charge in [0.1, 0.15) is 6.33 Å². The maximum Gasteiger partial charge on any atom is 0.278 e. The van der Waals surface area contributed by atoms with Gasteiger partial charge in [-0.1, -0.05) is 0 Å². The van der Waals surface area contributed by atoms with E-state index in [-0.39, 0.29) is 12.1 Å². The molecule has 0 bridgehead atoms. The minimum Gasteiger partial charge on any atom is -0.326 e. The first-order valence-corrected chi connectivity index (χ1v) is 3.43. The van der Waals surface area contributed by atoms with Gasteiger partial charge in [-0.25, -0.2) is 9.97 Å². The summed E-state index contributed by atoms with van der Waals surface area (Å²) in [4.78, 5) is 19.1. The molecule has 2 heterocycles. The molecule has 0 fully saturated rings. The Kier molecular flexibility index (Phi) is 1.41. The van der Waals surface area contributed by atoms with Gasteiger partial charge in [-0.3, -0.25) is 9.89 Å². The molecule has 6 nitrogen and oxygen atoms in total. The Morgan fingerprint density at radius 2 is 2.42 bits per heavy atom. The van der Waals surface area contributed by atoms with E-state index in [2.05, 4.69) is 15.1 Å². The Labute approximate surface area is 67.0 Å². The van der Waals surface area contributed by atoms with Crippen molar-refractivity contribution in [2.75, 3.05) is 0 Å². The Morgan fingerprint density at radius 3 is 3.17 bits per heavy atom. The van der Waals surface area contributed by atoms with E-state index >= 15 is 0 Å². The molecule has 0 aliphatic rings. The molecule has 2 rings (SSSR count). The summed E-state index contributed by atoms with van der Waals surface area (Å²) in [5.41, 5.74) is 5.60. The van der Waals surface area contributed by atoms with E-state index < -0.39 is 0 Å². The summed E-state index contributed by atoms with van der Waals surface area (Å²) in [6.45, 7) is 0.188. The Bertz CT molecular complexity index is 456. The van der Waals surface area contributed by atoms with Gasteiger partial charge in [-0.05, 0) is 0 Å². The summed E-state index contributed by atoms with van der Waals surface area (Å²) in [5.74, 6) is 0.359. The van der Waals surface area contributed by atoms with E-state index in [1.165, 1.54) is 17.0 Å². The summed E-state index contributed by atoms with van der Waals surface area (Å²) in [5, 5.41) is 2.64. The number of fused-ring (bicyclic) bond motifs is 1. The topological polar surface area (TPSA) is 89.1 Å². The van der Waals surface area contributed by atoms with Gasteiger partial charge in [0.05, 0.1) is 5.56 Å². The van der Waals surface area contributed by atoms with Crippen molar-refractivity contribution in [1.29, 1.82) is 0 Å². The van der Waals surface area contributed by atoms with Gasteiger partial charge < -0.3 is 5.73 Å². The lowest BCUT2D eigenvalue weighted by Crippen LogP contribution is -2.21. The van der Waals surface area contributed by atoms with Gasteiger partial charge >= 0.3 is 0 Å². The first-order valence-electron chi connectivity index (χ1n) is 3.43. The molecular formula is C6H7N5O. The van der Waals surface area contributed by atoms with Crippen LogP contribution in [0.4, 0.5) is 0 Å². The number of nitrogens with zero attached hydrogens (tertiary/aromatic N) is 3. The van der Waals surface area contributed by atoms with Gasteiger partial charge in [0.15, 0.2) is 0 Å². The number of nitrogens with one attached hydrogen (secondary N) is 1. The van der Waals surface area contributed by atoms with E-state index in [1.807, 2.05) is 0 Å². The van der Waals surface area contributed by atoms with E-state index in [1.54, 1.807) is 0 Å². The van der Waals surface area contributed by atoms with Crippen molar-refractivity contribution in [2.45, 2.75) is 6.54 Å².